The first-order valence-electron chi connectivity index (χ1n) is 11.3. The summed E-state index contributed by atoms with van der Waals surface area (Å²) in [5.74, 6) is 0.334. The second kappa shape index (κ2) is 9.27. The minimum Gasteiger partial charge on any atom is -0.493 e. The van der Waals surface area contributed by atoms with Gasteiger partial charge in [-0.25, -0.2) is 5.01 Å². The Morgan fingerprint density at radius 2 is 1.59 bits per heavy atom. The topological polar surface area (TPSA) is 63.6 Å². The van der Waals surface area contributed by atoms with E-state index in [2.05, 4.69) is 23.0 Å². The van der Waals surface area contributed by atoms with Crippen molar-refractivity contribution in [1.29, 1.82) is 0 Å². The van der Waals surface area contributed by atoms with Gasteiger partial charge in [0.15, 0.2) is 0 Å². The second-order valence-corrected chi connectivity index (χ2v) is 8.46. The summed E-state index contributed by atoms with van der Waals surface area (Å²) >= 11 is 0. The van der Waals surface area contributed by atoms with Gasteiger partial charge in [0.1, 0.15) is 11.3 Å². The van der Waals surface area contributed by atoms with Crippen molar-refractivity contribution in [1.82, 2.24) is 9.99 Å². The fourth-order valence-electron chi connectivity index (χ4n) is 4.16. The van der Waals surface area contributed by atoms with Crippen LogP contribution in [0.4, 0.5) is 5.69 Å². The average molecular weight is 452 g/mol. The third-order valence-corrected chi connectivity index (χ3v) is 5.81. The molecule has 0 spiro atoms. The number of amides is 2. The molecule has 4 aromatic rings. The van der Waals surface area contributed by atoms with Gasteiger partial charge in [0.25, 0.3) is 11.8 Å². The van der Waals surface area contributed by atoms with Gasteiger partial charge in [0, 0.05) is 35.1 Å². The molecule has 0 saturated carbocycles. The van der Waals surface area contributed by atoms with Crippen LogP contribution < -0.4 is 15.2 Å². The normalized spacial score (nSPS) is 15.7. The number of hydrazine groups is 1. The van der Waals surface area contributed by atoms with Crippen molar-refractivity contribution in [3.05, 3.63) is 102 Å². The maximum atomic E-state index is 13.0. The van der Waals surface area contributed by atoms with E-state index in [-0.39, 0.29) is 17.4 Å². The SMILES string of the molecule is CC(COc1ccccc1)Cn1cc(/C=C2\C(=O)NN(c3ccccc3)C2=O)c2ccccc21. The first-order valence-corrected chi connectivity index (χ1v) is 11.3. The minimum atomic E-state index is -0.407. The number of hydrogen-bond donors (Lipinski definition) is 1. The summed E-state index contributed by atoms with van der Waals surface area (Å²) in [6.07, 6.45) is 3.69. The largest absolute Gasteiger partial charge is 0.493 e. The van der Waals surface area contributed by atoms with E-state index in [0.29, 0.717) is 12.3 Å². The van der Waals surface area contributed by atoms with Crippen LogP contribution >= 0.6 is 0 Å². The molecule has 2 amide bonds. The van der Waals surface area contributed by atoms with Crippen molar-refractivity contribution in [3.63, 3.8) is 0 Å². The van der Waals surface area contributed by atoms with E-state index < -0.39 is 5.91 Å². The number of ether oxygens (including phenoxy) is 1. The highest BCUT2D eigenvalue weighted by molar-refractivity contribution is 6.32. The van der Waals surface area contributed by atoms with Crippen LogP contribution in [0.15, 0.2) is 96.7 Å². The van der Waals surface area contributed by atoms with Gasteiger partial charge in [-0.05, 0) is 36.4 Å². The molecule has 1 N–H and O–H groups in total. The molecule has 5 rings (SSSR count). The standard InChI is InChI=1S/C28H25N3O3/c1-20(19-34-23-12-6-3-7-13-23)17-30-18-21(24-14-8-9-15-26(24)30)16-25-27(32)29-31(28(25)33)22-10-4-2-5-11-22/h2-16,18,20H,17,19H2,1H3,(H,29,32)/b25-16+. The first-order chi connectivity index (χ1) is 16.6. The van der Waals surface area contributed by atoms with Gasteiger partial charge >= 0.3 is 0 Å². The minimum absolute atomic E-state index is 0.118. The molecule has 1 aromatic heterocycles. The Bertz CT molecular complexity index is 1360. The Hall–Kier alpha value is -4.32. The summed E-state index contributed by atoms with van der Waals surface area (Å²) in [5, 5.41) is 2.28. The number of rotatable bonds is 7. The first kappa shape index (κ1) is 21.5. The third kappa shape index (κ3) is 4.30. The lowest BCUT2D eigenvalue weighted by Gasteiger charge is -2.15. The Labute approximate surface area is 198 Å². The molecule has 170 valence electrons. The Balaban J connectivity index is 1.40. The zero-order chi connectivity index (χ0) is 23.5. The van der Waals surface area contributed by atoms with Gasteiger partial charge < -0.3 is 9.30 Å². The quantitative estimate of drug-likeness (QED) is 0.324. The summed E-state index contributed by atoms with van der Waals surface area (Å²) in [5.41, 5.74) is 5.29. The third-order valence-electron chi connectivity index (χ3n) is 5.81. The molecule has 1 atom stereocenters. The van der Waals surface area contributed by atoms with Crippen molar-refractivity contribution < 1.29 is 14.3 Å². The number of hydrogen-bond acceptors (Lipinski definition) is 3. The van der Waals surface area contributed by atoms with Crippen molar-refractivity contribution in [2.24, 2.45) is 5.92 Å². The number of carbonyl (C=O) groups excluding carboxylic acids is 2. The second-order valence-electron chi connectivity index (χ2n) is 8.46. The highest BCUT2D eigenvalue weighted by Gasteiger charge is 2.34. The predicted molar refractivity (Wildman–Crippen MR) is 133 cm³/mol. The van der Waals surface area contributed by atoms with Gasteiger partial charge in [-0.2, -0.15) is 0 Å². The lowest BCUT2D eigenvalue weighted by atomic mass is 10.1. The van der Waals surface area contributed by atoms with Crippen molar-refractivity contribution in [2.75, 3.05) is 11.6 Å². The molecule has 1 aliphatic rings. The fourth-order valence-corrected chi connectivity index (χ4v) is 4.16. The lowest BCUT2D eigenvalue weighted by molar-refractivity contribution is -0.117. The number of nitrogens with one attached hydrogen (secondary N) is 1. The zero-order valence-corrected chi connectivity index (χ0v) is 18.8. The number of para-hydroxylation sites is 3. The molecule has 0 radical (unpaired) electrons. The van der Waals surface area contributed by atoms with Gasteiger partial charge in [-0.3, -0.25) is 15.0 Å². The Kier molecular flexibility index (Phi) is 5.87. The highest BCUT2D eigenvalue weighted by Crippen LogP contribution is 2.27. The van der Waals surface area contributed by atoms with Crippen LogP contribution in [-0.4, -0.2) is 23.0 Å². The fraction of sp³-hybridized carbons (Fsp3) is 0.143. The molecule has 6 nitrogen and oxygen atoms in total. The van der Waals surface area contributed by atoms with E-state index in [1.165, 1.54) is 5.01 Å². The predicted octanol–water partition coefficient (Wildman–Crippen LogP) is 4.82. The van der Waals surface area contributed by atoms with E-state index in [1.54, 1.807) is 18.2 Å². The number of nitrogens with zero attached hydrogens (tertiary/aromatic N) is 2. The van der Waals surface area contributed by atoms with Crippen molar-refractivity contribution in [3.8, 4) is 5.75 Å². The molecule has 0 aliphatic carbocycles. The summed E-state index contributed by atoms with van der Waals surface area (Å²) in [6, 6.07) is 26.9. The Morgan fingerprint density at radius 3 is 2.35 bits per heavy atom. The smallest absolute Gasteiger partial charge is 0.282 e. The van der Waals surface area contributed by atoms with Crippen LogP contribution in [-0.2, 0) is 16.1 Å². The number of carbonyl (C=O) groups is 2. The molecule has 1 fully saturated rings. The van der Waals surface area contributed by atoms with E-state index in [1.807, 2.05) is 72.9 Å². The molecule has 0 bridgehead atoms. The van der Waals surface area contributed by atoms with E-state index in [4.69, 9.17) is 4.74 Å². The molecular weight excluding hydrogens is 426 g/mol. The van der Waals surface area contributed by atoms with Crippen LogP contribution in [0.5, 0.6) is 5.75 Å². The summed E-state index contributed by atoms with van der Waals surface area (Å²) < 4.78 is 8.08. The maximum Gasteiger partial charge on any atom is 0.282 e. The summed E-state index contributed by atoms with van der Waals surface area (Å²) in [6.45, 7) is 3.47. The van der Waals surface area contributed by atoms with Crippen LogP contribution in [0.2, 0.25) is 0 Å². The summed E-state index contributed by atoms with van der Waals surface area (Å²) in [7, 11) is 0. The van der Waals surface area contributed by atoms with Gasteiger partial charge in [0.05, 0.1) is 12.3 Å². The average Bonchev–Trinajstić information content (AvgIpc) is 3.36. The number of benzene rings is 3. The van der Waals surface area contributed by atoms with Crippen LogP contribution in [0.1, 0.15) is 12.5 Å². The lowest BCUT2D eigenvalue weighted by Crippen LogP contribution is -2.35. The van der Waals surface area contributed by atoms with E-state index in [9.17, 15) is 9.59 Å². The van der Waals surface area contributed by atoms with Crippen molar-refractivity contribution >= 4 is 34.5 Å². The zero-order valence-electron chi connectivity index (χ0n) is 18.8. The Morgan fingerprint density at radius 1 is 0.912 bits per heavy atom. The summed E-state index contributed by atoms with van der Waals surface area (Å²) in [4.78, 5) is 25.7. The van der Waals surface area contributed by atoms with Gasteiger partial charge in [-0.1, -0.05) is 61.5 Å². The maximum absolute atomic E-state index is 13.0. The van der Waals surface area contributed by atoms with Crippen LogP contribution in [0, 0.1) is 5.92 Å². The number of anilines is 1. The van der Waals surface area contributed by atoms with Crippen LogP contribution in [0.3, 0.4) is 0 Å². The molecule has 6 heteroatoms. The molecule has 34 heavy (non-hydrogen) atoms. The monoisotopic (exact) mass is 451 g/mol. The molecule has 1 aliphatic heterocycles. The molecule has 2 heterocycles. The van der Waals surface area contributed by atoms with E-state index in [0.717, 1.165) is 28.8 Å². The number of aromatic nitrogens is 1. The van der Waals surface area contributed by atoms with Crippen LogP contribution in [0.25, 0.3) is 17.0 Å². The number of fused-ring (bicyclic) bond motifs is 1. The van der Waals surface area contributed by atoms with E-state index >= 15 is 0 Å². The molecule has 3 aromatic carbocycles. The van der Waals surface area contributed by atoms with Gasteiger partial charge in [0.2, 0.25) is 0 Å². The van der Waals surface area contributed by atoms with Crippen molar-refractivity contribution in [2.45, 2.75) is 13.5 Å². The molecule has 1 saturated heterocycles. The highest BCUT2D eigenvalue weighted by atomic mass is 16.5. The molecular formula is C28H25N3O3. The van der Waals surface area contributed by atoms with Gasteiger partial charge in [-0.15, -0.1) is 0 Å². The molecule has 1 unspecified atom stereocenters.